The fourth-order valence-electron chi connectivity index (χ4n) is 3.15. The van der Waals surface area contributed by atoms with Crippen LogP contribution >= 0.6 is 0 Å². The molecule has 5 heteroatoms. The molecule has 0 aliphatic heterocycles. The summed E-state index contributed by atoms with van der Waals surface area (Å²) in [6.45, 7) is 0. The van der Waals surface area contributed by atoms with E-state index in [1.54, 1.807) is 18.2 Å². The van der Waals surface area contributed by atoms with Crippen LogP contribution in [-0.4, -0.2) is 16.1 Å². The predicted molar refractivity (Wildman–Crippen MR) is 89.0 cm³/mol. The average molecular weight is 321 g/mol. The molecule has 1 aromatic heterocycles. The van der Waals surface area contributed by atoms with E-state index in [4.69, 9.17) is 0 Å². The summed E-state index contributed by atoms with van der Waals surface area (Å²) in [5.74, 6) is -0.482. The molecule has 0 saturated heterocycles. The molecule has 4 nitrogen and oxygen atoms in total. The van der Waals surface area contributed by atoms with E-state index in [9.17, 15) is 9.18 Å². The first-order valence-corrected chi connectivity index (χ1v) is 7.91. The molecule has 1 atom stereocenters. The lowest BCUT2D eigenvalue weighted by atomic mass is 10.1. The number of aromatic nitrogens is 2. The topological polar surface area (TPSA) is 57.8 Å². The van der Waals surface area contributed by atoms with E-state index in [0.29, 0.717) is 11.4 Å². The first-order valence-electron chi connectivity index (χ1n) is 7.91. The van der Waals surface area contributed by atoms with Crippen molar-refractivity contribution >= 4 is 5.91 Å². The van der Waals surface area contributed by atoms with Crippen LogP contribution in [0.2, 0.25) is 0 Å². The minimum atomic E-state index is -0.299. The second kappa shape index (κ2) is 5.92. The second-order valence-corrected chi connectivity index (χ2v) is 5.94. The average Bonchev–Trinajstić information content (AvgIpc) is 3.23. The van der Waals surface area contributed by atoms with E-state index in [1.165, 1.54) is 23.3 Å². The van der Waals surface area contributed by atoms with Crippen LogP contribution in [0.25, 0.3) is 11.3 Å². The van der Waals surface area contributed by atoms with Gasteiger partial charge in [0, 0.05) is 5.56 Å². The molecule has 1 aliphatic carbocycles. The number of H-pyrrole nitrogens is 1. The number of aryl methyl sites for hydroxylation is 1. The van der Waals surface area contributed by atoms with Crippen LogP contribution < -0.4 is 5.32 Å². The zero-order valence-electron chi connectivity index (χ0n) is 12.9. The lowest BCUT2D eigenvalue weighted by Crippen LogP contribution is -2.27. The third-order valence-electron chi connectivity index (χ3n) is 4.40. The Morgan fingerprint density at radius 2 is 1.96 bits per heavy atom. The molecule has 0 unspecified atom stereocenters. The number of fused-ring (bicyclic) bond motifs is 1. The summed E-state index contributed by atoms with van der Waals surface area (Å²) in [5.41, 5.74) is 4.26. The monoisotopic (exact) mass is 321 g/mol. The van der Waals surface area contributed by atoms with E-state index >= 15 is 0 Å². The Balaban J connectivity index is 1.51. The predicted octanol–water partition coefficient (Wildman–Crippen LogP) is 3.63. The number of benzene rings is 2. The molecule has 4 rings (SSSR count). The number of hydrogen-bond acceptors (Lipinski definition) is 2. The van der Waals surface area contributed by atoms with Crippen molar-refractivity contribution < 1.29 is 9.18 Å². The molecule has 3 aromatic rings. The van der Waals surface area contributed by atoms with Gasteiger partial charge in [0.25, 0.3) is 5.91 Å². The van der Waals surface area contributed by atoms with Crippen LogP contribution in [0.1, 0.15) is 34.1 Å². The fourth-order valence-corrected chi connectivity index (χ4v) is 3.15. The number of hydrogen-bond donors (Lipinski definition) is 2. The van der Waals surface area contributed by atoms with Gasteiger partial charge in [-0.2, -0.15) is 5.10 Å². The van der Waals surface area contributed by atoms with Crippen molar-refractivity contribution in [3.05, 3.63) is 77.2 Å². The van der Waals surface area contributed by atoms with Crippen LogP contribution in [0.3, 0.4) is 0 Å². The highest BCUT2D eigenvalue weighted by Crippen LogP contribution is 2.31. The number of carbonyl (C=O) groups is 1. The number of carbonyl (C=O) groups excluding carboxylic acids is 1. The van der Waals surface area contributed by atoms with Gasteiger partial charge in [-0.1, -0.05) is 24.3 Å². The molecular formula is C19H16FN3O. The summed E-state index contributed by atoms with van der Waals surface area (Å²) < 4.78 is 13.0. The zero-order valence-corrected chi connectivity index (χ0v) is 12.9. The Hall–Kier alpha value is -2.95. The molecule has 1 heterocycles. The molecule has 24 heavy (non-hydrogen) atoms. The molecule has 2 aromatic carbocycles. The van der Waals surface area contributed by atoms with Crippen LogP contribution in [0.15, 0.2) is 54.6 Å². The van der Waals surface area contributed by atoms with Crippen molar-refractivity contribution in [3.63, 3.8) is 0 Å². The largest absolute Gasteiger partial charge is 0.344 e. The minimum absolute atomic E-state index is 0.0336. The first kappa shape index (κ1) is 14.6. The van der Waals surface area contributed by atoms with E-state index in [2.05, 4.69) is 27.6 Å². The Labute approximate surface area is 138 Å². The summed E-state index contributed by atoms with van der Waals surface area (Å²) >= 11 is 0. The van der Waals surface area contributed by atoms with Gasteiger partial charge in [0.05, 0.1) is 11.7 Å². The molecule has 0 saturated carbocycles. The van der Waals surface area contributed by atoms with Crippen molar-refractivity contribution in [2.45, 2.75) is 18.9 Å². The zero-order chi connectivity index (χ0) is 16.5. The Kier molecular flexibility index (Phi) is 3.61. The highest BCUT2D eigenvalue weighted by atomic mass is 19.1. The van der Waals surface area contributed by atoms with E-state index < -0.39 is 0 Å². The number of amides is 1. The van der Waals surface area contributed by atoms with Gasteiger partial charge < -0.3 is 5.32 Å². The molecule has 0 bridgehead atoms. The van der Waals surface area contributed by atoms with Crippen molar-refractivity contribution in [1.82, 2.24) is 15.5 Å². The molecule has 1 amide bonds. The molecule has 0 spiro atoms. The maximum Gasteiger partial charge on any atom is 0.269 e. The van der Waals surface area contributed by atoms with Crippen LogP contribution in [0, 0.1) is 5.82 Å². The highest BCUT2D eigenvalue weighted by Gasteiger charge is 2.24. The van der Waals surface area contributed by atoms with Gasteiger partial charge in [-0.3, -0.25) is 9.89 Å². The summed E-state index contributed by atoms with van der Waals surface area (Å²) in [7, 11) is 0. The third kappa shape index (κ3) is 2.69. The van der Waals surface area contributed by atoms with Crippen LogP contribution in [0.5, 0.6) is 0 Å². The number of aromatic amines is 1. The minimum Gasteiger partial charge on any atom is -0.344 e. The Morgan fingerprint density at radius 3 is 2.79 bits per heavy atom. The number of halogens is 1. The highest BCUT2D eigenvalue weighted by molar-refractivity contribution is 5.93. The molecule has 2 N–H and O–H groups in total. The van der Waals surface area contributed by atoms with Gasteiger partial charge in [0.15, 0.2) is 0 Å². The maximum atomic E-state index is 13.0. The van der Waals surface area contributed by atoms with Crippen molar-refractivity contribution in [3.8, 4) is 11.3 Å². The number of nitrogens with one attached hydrogen (secondary N) is 2. The Morgan fingerprint density at radius 1 is 1.17 bits per heavy atom. The summed E-state index contributed by atoms with van der Waals surface area (Å²) in [6, 6.07) is 15.9. The van der Waals surface area contributed by atoms with Crippen LogP contribution in [0.4, 0.5) is 4.39 Å². The smallest absolute Gasteiger partial charge is 0.269 e. The lowest BCUT2D eigenvalue weighted by Gasteiger charge is -2.13. The Bertz CT molecular complexity index is 886. The van der Waals surface area contributed by atoms with Gasteiger partial charge in [0.2, 0.25) is 0 Å². The van der Waals surface area contributed by atoms with Crippen LogP contribution in [-0.2, 0) is 6.42 Å². The van der Waals surface area contributed by atoms with Gasteiger partial charge in [-0.15, -0.1) is 0 Å². The number of rotatable bonds is 3. The lowest BCUT2D eigenvalue weighted by molar-refractivity contribution is 0.0931. The van der Waals surface area contributed by atoms with E-state index in [0.717, 1.165) is 18.4 Å². The van der Waals surface area contributed by atoms with Gasteiger partial charge in [0.1, 0.15) is 11.5 Å². The molecule has 120 valence electrons. The normalized spacial score (nSPS) is 16.0. The molecule has 1 aliphatic rings. The standard InChI is InChI=1S/C19H16FN3O/c20-14-8-5-13(6-9-14)17-11-18(23-22-17)19(24)21-16-10-7-12-3-1-2-4-15(12)16/h1-6,8-9,11,16H,7,10H2,(H,21,24)(H,22,23)/t16-/m1/s1. The van der Waals surface area contributed by atoms with E-state index in [-0.39, 0.29) is 17.8 Å². The van der Waals surface area contributed by atoms with Gasteiger partial charge >= 0.3 is 0 Å². The SMILES string of the molecule is O=C(N[C@@H]1CCc2ccccc21)c1cc(-c2ccc(F)cc2)n[nH]1. The molecule has 0 radical (unpaired) electrons. The molecular weight excluding hydrogens is 305 g/mol. The van der Waals surface area contributed by atoms with E-state index in [1.807, 2.05) is 12.1 Å². The quantitative estimate of drug-likeness (QED) is 0.774. The second-order valence-electron chi connectivity index (χ2n) is 5.94. The first-order chi connectivity index (χ1) is 11.7. The maximum absolute atomic E-state index is 13.0. The van der Waals surface area contributed by atoms with Crippen molar-refractivity contribution in [2.75, 3.05) is 0 Å². The summed E-state index contributed by atoms with van der Waals surface area (Å²) in [5, 5.41) is 9.96. The van der Waals surface area contributed by atoms with Crippen molar-refractivity contribution in [2.24, 2.45) is 0 Å². The van der Waals surface area contributed by atoms with Gasteiger partial charge in [-0.25, -0.2) is 4.39 Å². The van der Waals surface area contributed by atoms with Gasteiger partial charge in [-0.05, 0) is 54.3 Å². The summed E-state index contributed by atoms with van der Waals surface area (Å²) in [6.07, 6.45) is 1.88. The summed E-state index contributed by atoms with van der Waals surface area (Å²) in [4.78, 5) is 12.5. The third-order valence-corrected chi connectivity index (χ3v) is 4.40. The molecule has 0 fully saturated rings. The fraction of sp³-hybridized carbons (Fsp3) is 0.158. The van der Waals surface area contributed by atoms with Crippen molar-refractivity contribution in [1.29, 1.82) is 0 Å². The number of nitrogens with zero attached hydrogens (tertiary/aromatic N) is 1.